The molecule has 0 saturated carbocycles. The van der Waals surface area contributed by atoms with Crippen LogP contribution in [0.4, 0.5) is 0 Å². The van der Waals surface area contributed by atoms with E-state index in [0.717, 1.165) is 24.0 Å². The maximum Gasteiger partial charge on any atom is 0.308 e. The van der Waals surface area contributed by atoms with Crippen molar-refractivity contribution in [2.24, 2.45) is 0 Å². The molecular formula is C24H24N2O3. The monoisotopic (exact) mass is 388 g/mol. The Morgan fingerprint density at radius 1 is 0.931 bits per heavy atom. The summed E-state index contributed by atoms with van der Waals surface area (Å²) in [6, 6.07) is 21.9. The fourth-order valence-corrected chi connectivity index (χ4v) is 3.00. The Balaban J connectivity index is 1.55. The third kappa shape index (κ3) is 6.57. The number of nitrogens with zero attached hydrogens (tertiary/aromatic N) is 1. The van der Waals surface area contributed by atoms with Crippen molar-refractivity contribution in [2.75, 3.05) is 6.61 Å². The summed E-state index contributed by atoms with van der Waals surface area (Å²) in [5.74, 6) is -0.553. The van der Waals surface area contributed by atoms with Crippen molar-refractivity contribution >= 4 is 11.9 Å². The van der Waals surface area contributed by atoms with Gasteiger partial charge in [0, 0.05) is 18.0 Å². The number of carbonyl (C=O) groups excluding carboxylic acids is 2. The van der Waals surface area contributed by atoms with Gasteiger partial charge >= 0.3 is 5.97 Å². The molecule has 3 rings (SSSR count). The van der Waals surface area contributed by atoms with Crippen LogP contribution in [-0.2, 0) is 16.0 Å². The van der Waals surface area contributed by atoms with Gasteiger partial charge in [-0.15, -0.1) is 0 Å². The first-order valence-electron chi connectivity index (χ1n) is 9.68. The van der Waals surface area contributed by atoms with E-state index in [1.165, 1.54) is 0 Å². The van der Waals surface area contributed by atoms with Gasteiger partial charge in [-0.05, 0) is 42.2 Å². The third-order valence-corrected chi connectivity index (χ3v) is 4.51. The number of hydrogen-bond donors (Lipinski definition) is 1. The summed E-state index contributed by atoms with van der Waals surface area (Å²) in [6.45, 7) is 0.335. The highest BCUT2D eigenvalue weighted by Crippen LogP contribution is 2.18. The fourth-order valence-electron chi connectivity index (χ4n) is 3.00. The number of ether oxygens (including phenoxy) is 1. The van der Waals surface area contributed by atoms with Crippen LogP contribution >= 0.6 is 0 Å². The minimum absolute atomic E-state index is 0.0788. The van der Waals surface area contributed by atoms with Crippen molar-refractivity contribution in [1.29, 1.82) is 0 Å². The second-order valence-electron chi connectivity index (χ2n) is 6.69. The first-order valence-corrected chi connectivity index (χ1v) is 9.68. The van der Waals surface area contributed by atoms with E-state index in [0.29, 0.717) is 12.2 Å². The first kappa shape index (κ1) is 20.3. The van der Waals surface area contributed by atoms with Crippen molar-refractivity contribution in [3.63, 3.8) is 0 Å². The van der Waals surface area contributed by atoms with Crippen molar-refractivity contribution in [1.82, 2.24) is 10.3 Å². The van der Waals surface area contributed by atoms with E-state index < -0.39 is 6.04 Å². The summed E-state index contributed by atoms with van der Waals surface area (Å²) in [5, 5.41) is 2.95. The molecule has 0 radical (unpaired) electrons. The maximum absolute atomic E-state index is 12.6. The lowest BCUT2D eigenvalue weighted by atomic mass is 10.0. The Kier molecular flexibility index (Phi) is 7.52. The molecule has 5 nitrogen and oxygen atoms in total. The number of hydrogen-bond acceptors (Lipinski definition) is 4. The molecule has 0 aliphatic heterocycles. The lowest BCUT2D eigenvalue weighted by Crippen LogP contribution is -2.30. The van der Waals surface area contributed by atoms with Gasteiger partial charge in [0.25, 0.3) is 5.91 Å². The van der Waals surface area contributed by atoms with Gasteiger partial charge in [-0.2, -0.15) is 0 Å². The van der Waals surface area contributed by atoms with Gasteiger partial charge in [0.05, 0.1) is 19.1 Å². The van der Waals surface area contributed by atoms with Gasteiger partial charge in [-0.3, -0.25) is 14.6 Å². The van der Waals surface area contributed by atoms with E-state index in [-0.39, 0.29) is 18.3 Å². The van der Waals surface area contributed by atoms with Crippen molar-refractivity contribution in [2.45, 2.75) is 25.3 Å². The second-order valence-corrected chi connectivity index (χ2v) is 6.69. The Hall–Kier alpha value is -3.47. The number of carbonyl (C=O) groups is 2. The Morgan fingerprint density at radius 3 is 2.34 bits per heavy atom. The molecule has 0 aliphatic carbocycles. The minimum Gasteiger partial charge on any atom is -0.466 e. The smallest absolute Gasteiger partial charge is 0.308 e. The standard InChI is InChI=1S/C24H24N2O3/c27-23(29-16-8-10-19-9-7-15-25-18-19)17-22(20-11-3-1-4-12-20)26-24(28)21-13-5-2-6-14-21/h1-7,9,11-15,18,22H,8,10,16-17H2,(H,26,28). The van der Waals surface area contributed by atoms with Crippen LogP contribution in [0.25, 0.3) is 0 Å². The lowest BCUT2D eigenvalue weighted by Gasteiger charge is -2.19. The van der Waals surface area contributed by atoms with E-state index in [1.807, 2.05) is 66.9 Å². The second kappa shape index (κ2) is 10.8. The predicted molar refractivity (Wildman–Crippen MR) is 111 cm³/mol. The zero-order chi connectivity index (χ0) is 20.3. The number of pyridine rings is 1. The SMILES string of the molecule is O=C(CC(NC(=O)c1ccccc1)c1ccccc1)OCCCc1cccnc1. The highest BCUT2D eigenvalue weighted by molar-refractivity contribution is 5.94. The molecule has 0 bridgehead atoms. The van der Waals surface area contributed by atoms with Gasteiger partial charge in [0.15, 0.2) is 0 Å². The number of nitrogens with one attached hydrogen (secondary N) is 1. The van der Waals surface area contributed by atoms with Crippen LogP contribution in [0.1, 0.15) is 40.4 Å². The van der Waals surface area contributed by atoms with E-state index in [1.54, 1.807) is 18.3 Å². The molecule has 1 atom stereocenters. The van der Waals surface area contributed by atoms with Gasteiger partial charge in [0.1, 0.15) is 0 Å². The average Bonchev–Trinajstić information content (AvgIpc) is 2.78. The Labute approximate surface area is 170 Å². The van der Waals surface area contributed by atoms with E-state index in [2.05, 4.69) is 10.3 Å². The van der Waals surface area contributed by atoms with Crippen LogP contribution < -0.4 is 5.32 Å². The molecule has 1 N–H and O–H groups in total. The molecule has 0 saturated heterocycles. The Morgan fingerprint density at radius 2 is 1.66 bits per heavy atom. The molecule has 2 aromatic carbocycles. The summed E-state index contributed by atoms with van der Waals surface area (Å²) < 4.78 is 5.39. The van der Waals surface area contributed by atoms with Crippen LogP contribution in [0, 0.1) is 0 Å². The summed E-state index contributed by atoms with van der Waals surface area (Å²) in [6.07, 6.45) is 5.15. The van der Waals surface area contributed by atoms with Gasteiger partial charge in [-0.25, -0.2) is 0 Å². The predicted octanol–water partition coefficient (Wildman–Crippen LogP) is 4.12. The normalized spacial score (nSPS) is 11.4. The maximum atomic E-state index is 12.6. The minimum atomic E-state index is -0.449. The van der Waals surface area contributed by atoms with Crippen molar-refractivity contribution in [3.8, 4) is 0 Å². The van der Waals surface area contributed by atoms with Gasteiger partial charge in [-0.1, -0.05) is 54.6 Å². The molecule has 5 heteroatoms. The molecule has 3 aromatic rings. The molecule has 1 heterocycles. The molecule has 0 aliphatic rings. The van der Waals surface area contributed by atoms with Crippen LogP contribution in [0.3, 0.4) is 0 Å². The number of amides is 1. The Bertz CT molecular complexity index is 899. The average molecular weight is 388 g/mol. The lowest BCUT2D eigenvalue weighted by molar-refractivity contribution is -0.144. The fraction of sp³-hybridized carbons (Fsp3) is 0.208. The van der Waals surface area contributed by atoms with Gasteiger partial charge < -0.3 is 10.1 Å². The van der Waals surface area contributed by atoms with Crippen LogP contribution in [0.2, 0.25) is 0 Å². The number of benzene rings is 2. The largest absolute Gasteiger partial charge is 0.466 e. The highest BCUT2D eigenvalue weighted by atomic mass is 16.5. The number of aryl methyl sites for hydroxylation is 1. The summed E-state index contributed by atoms with van der Waals surface area (Å²) in [4.78, 5) is 29.0. The number of rotatable bonds is 9. The first-order chi connectivity index (χ1) is 14.2. The quantitative estimate of drug-likeness (QED) is 0.442. The summed E-state index contributed by atoms with van der Waals surface area (Å²) in [7, 11) is 0. The molecule has 1 unspecified atom stereocenters. The third-order valence-electron chi connectivity index (χ3n) is 4.51. The zero-order valence-corrected chi connectivity index (χ0v) is 16.2. The number of aromatic nitrogens is 1. The molecule has 1 amide bonds. The number of esters is 1. The molecule has 0 spiro atoms. The van der Waals surface area contributed by atoms with Crippen LogP contribution in [0.5, 0.6) is 0 Å². The molecule has 1 aromatic heterocycles. The zero-order valence-electron chi connectivity index (χ0n) is 16.2. The van der Waals surface area contributed by atoms with E-state index in [4.69, 9.17) is 4.74 Å². The van der Waals surface area contributed by atoms with E-state index in [9.17, 15) is 9.59 Å². The van der Waals surface area contributed by atoms with Crippen LogP contribution in [0.15, 0.2) is 85.2 Å². The summed E-state index contributed by atoms with van der Waals surface area (Å²) >= 11 is 0. The van der Waals surface area contributed by atoms with Crippen molar-refractivity contribution < 1.29 is 14.3 Å². The highest BCUT2D eigenvalue weighted by Gasteiger charge is 2.20. The molecule has 0 fully saturated rings. The van der Waals surface area contributed by atoms with Gasteiger partial charge in [0.2, 0.25) is 0 Å². The molecule has 29 heavy (non-hydrogen) atoms. The van der Waals surface area contributed by atoms with Crippen molar-refractivity contribution in [3.05, 3.63) is 102 Å². The summed E-state index contributed by atoms with van der Waals surface area (Å²) in [5.41, 5.74) is 2.53. The van der Waals surface area contributed by atoms with E-state index >= 15 is 0 Å². The molecular weight excluding hydrogens is 364 g/mol. The molecule has 148 valence electrons. The van der Waals surface area contributed by atoms with Crippen LogP contribution in [-0.4, -0.2) is 23.5 Å². The topological polar surface area (TPSA) is 68.3 Å².